The predicted molar refractivity (Wildman–Crippen MR) is 80.7 cm³/mol. The summed E-state index contributed by atoms with van der Waals surface area (Å²) in [7, 11) is 0. The van der Waals surface area contributed by atoms with Crippen molar-refractivity contribution in [2.45, 2.75) is 44.8 Å². The van der Waals surface area contributed by atoms with E-state index in [2.05, 4.69) is 5.32 Å². The summed E-state index contributed by atoms with van der Waals surface area (Å²) in [6.07, 6.45) is 2.38. The minimum absolute atomic E-state index is 0.0239. The van der Waals surface area contributed by atoms with E-state index in [0.717, 1.165) is 18.4 Å². The van der Waals surface area contributed by atoms with Crippen molar-refractivity contribution in [2.24, 2.45) is 5.92 Å². The van der Waals surface area contributed by atoms with Gasteiger partial charge < -0.3 is 10.2 Å². The van der Waals surface area contributed by atoms with Crippen LogP contribution in [-0.2, 0) is 16.1 Å². The Balaban J connectivity index is 1.85. The molecule has 0 radical (unpaired) electrons. The van der Waals surface area contributed by atoms with Crippen LogP contribution in [0.15, 0.2) is 24.3 Å². The lowest BCUT2D eigenvalue weighted by Crippen LogP contribution is -2.47. The largest absolute Gasteiger partial charge is 0.344 e. The Hall–Kier alpha value is -1.55. The van der Waals surface area contributed by atoms with E-state index in [1.165, 1.54) is 0 Å². The van der Waals surface area contributed by atoms with Crippen LogP contribution in [0.3, 0.4) is 0 Å². The molecule has 1 aromatic rings. The highest BCUT2D eigenvalue weighted by molar-refractivity contribution is 6.31. The number of rotatable bonds is 3. The van der Waals surface area contributed by atoms with Gasteiger partial charge in [-0.05, 0) is 37.3 Å². The number of nitrogens with one attached hydrogen (secondary N) is 1. The van der Waals surface area contributed by atoms with Crippen molar-refractivity contribution >= 4 is 23.4 Å². The second-order valence-corrected chi connectivity index (χ2v) is 6.40. The van der Waals surface area contributed by atoms with E-state index < -0.39 is 0 Å². The molecule has 3 rings (SSSR count). The van der Waals surface area contributed by atoms with Crippen molar-refractivity contribution < 1.29 is 9.59 Å². The molecule has 1 N–H and O–H groups in total. The van der Waals surface area contributed by atoms with E-state index in [4.69, 9.17) is 11.6 Å². The fourth-order valence-corrected chi connectivity index (χ4v) is 3.06. The average molecular weight is 307 g/mol. The quantitative estimate of drug-likeness (QED) is 0.932. The summed E-state index contributed by atoms with van der Waals surface area (Å²) in [6, 6.07) is 7.07. The van der Waals surface area contributed by atoms with E-state index in [1.807, 2.05) is 31.2 Å². The standard InChI is InChI=1S/C16H19ClN2O2/c1-10-8-14(20)18-15(11-6-7-11)16(21)19(10)9-12-4-2-3-5-13(12)17/h2-5,10-11,15H,6-9H2,1H3,(H,18,20). The van der Waals surface area contributed by atoms with Gasteiger partial charge in [0.05, 0.1) is 0 Å². The van der Waals surface area contributed by atoms with E-state index in [9.17, 15) is 9.59 Å². The lowest BCUT2D eigenvalue weighted by Gasteiger charge is -2.29. The van der Waals surface area contributed by atoms with Gasteiger partial charge in [-0.25, -0.2) is 0 Å². The number of carbonyl (C=O) groups is 2. The van der Waals surface area contributed by atoms with Gasteiger partial charge in [0.2, 0.25) is 11.8 Å². The van der Waals surface area contributed by atoms with Gasteiger partial charge in [-0.1, -0.05) is 29.8 Å². The second-order valence-electron chi connectivity index (χ2n) is 5.99. The molecule has 2 atom stereocenters. The Kier molecular flexibility index (Phi) is 3.89. The Bertz CT molecular complexity index is 571. The number of hydrogen-bond acceptors (Lipinski definition) is 2. The highest BCUT2D eigenvalue weighted by Crippen LogP contribution is 2.35. The van der Waals surface area contributed by atoms with Crippen molar-refractivity contribution in [2.75, 3.05) is 0 Å². The van der Waals surface area contributed by atoms with Gasteiger partial charge in [0.15, 0.2) is 0 Å². The molecule has 1 aliphatic carbocycles. The monoisotopic (exact) mass is 306 g/mol. The molecule has 2 fully saturated rings. The first-order valence-electron chi connectivity index (χ1n) is 7.39. The fraction of sp³-hybridized carbons (Fsp3) is 0.500. The lowest BCUT2D eigenvalue weighted by atomic mass is 10.1. The topological polar surface area (TPSA) is 49.4 Å². The molecular weight excluding hydrogens is 288 g/mol. The van der Waals surface area contributed by atoms with Crippen LogP contribution in [0.25, 0.3) is 0 Å². The molecule has 1 aliphatic heterocycles. The Morgan fingerprint density at radius 2 is 2.00 bits per heavy atom. The van der Waals surface area contributed by atoms with Crippen LogP contribution >= 0.6 is 11.6 Å². The summed E-state index contributed by atoms with van der Waals surface area (Å²) in [6.45, 7) is 2.38. The van der Waals surface area contributed by atoms with Crippen molar-refractivity contribution in [1.29, 1.82) is 0 Å². The molecule has 5 heteroatoms. The number of amides is 2. The molecule has 1 saturated carbocycles. The smallest absolute Gasteiger partial charge is 0.245 e. The Morgan fingerprint density at radius 1 is 1.29 bits per heavy atom. The summed E-state index contributed by atoms with van der Waals surface area (Å²) in [5.41, 5.74) is 0.920. The maximum absolute atomic E-state index is 12.8. The number of halogens is 1. The first-order valence-corrected chi connectivity index (χ1v) is 7.77. The maximum Gasteiger partial charge on any atom is 0.245 e. The molecular formula is C16H19ClN2O2. The van der Waals surface area contributed by atoms with Crippen LogP contribution in [-0.4, -0.2) is 28.8 Å². The lowest BCUT2D eigenvalue weighted by molar-refractivity contribution is -0.136. The molecule has 4 nitrogen and oxygen atoms in total. The zero-order valence-corrected chi connectivity index (χ0v) is 12.8. The first kappa shape index (κ1) is 14.4. The zero-order valence-electron chi connectivity index (χ0n) is 12.0. The summed E-state index contributed by atoms with van der Waals surface area (Å²) in [5, 5.41) is 3.54. The SMILES string of the molecule is CC1CC(=O)NC(C2CC2)C(=O)N1Cc1ccccc1Cl. The van der Waals surface area contributed by atoms with Gasteiger partial charge >= 0.3 is 0 Å². The van der Waals surface area contributed by atoms with Gasteiger partial charge in [-0.15, -0.1) is 0 Å². The maximum atomic E-state index is 12.8. The molecule has 2 amide bonds. The molecule has 112 valence electrons. The molecule has 0 aromatic heterocycles. The van der Waals surface area contributed by atoms with Crippen molar-refractivity contribution in [1.82, 2.24) is 10.2 Å². The van der Waals surface area contributed by atoms with Crippen molar-refractivity contribution in [3.05, 3.63) is 34.9 Å². The normalized spacial score (nSPS) is 26.5. The molecule has 2 aliphatic rings. The number of benzene rings is 1. The van der Waals surface area contributed by atoms with E-state index in [1.54, 1.807) is 4.90 Å². The predicted octanol–water partition coefficient (Wildman–Crippen LogP) is 2.36. The van der Waals surface area contributed by atoms with Crippen LogP contribution in [0.2, 0.25) is 5.02 Å². The molecule has 1 heterocycles. The number of carbonyl (C=O) groups excluding carboxylic acids is 2. The summed E-state index contributed by atoms with van der Waals surface area (Å²) < 4.78 is 0. The first-order chi connectivity index (χ1) is 10.1. The Labute approximate surface area is 129 Å². The third kappa shape index (κ3) is 3.05. The van der Waals surface area contributed by atoms with Gasteiger partial charge in [-0.2, -0.15) is 0 Å². The van der Waals surface area contributed by atoms with Crippen LogP contribution in [0.4, 0.5) is 0 Å². The van der Waals surface area contributed by atoms with Crippen LogP contribution < -0.4 is 5.32 Å². The van der Waals surface area contributed by atoms with E-state index >= 15 is 0 Å². The highest BCUT2D eigenvalue weighted by atomic mass is 35.5. The number of nitrogens with zero attached hydrogens (tertiary/aromatic N) is 1. The molecule has 2 unspecified atom stereocenters. The average Bonchev–Trinajstić information content (AvgIpc) is 3.27. The second kappa shape index (κ2) is 5.68. The Morgan fingerprint density at radius 3 is 2.67 bits per heavy atom. The molecule has 21 heavy (non-hydrogen) atoms. The van der Waals surface area contributed by atoms with Crippen LogP contribution in [0.5, 0.6) is 0 Å². The van der Waals surface area contributed by atoms with Gasteiger partial charge in [0.1, 0.15) is 6.04 Å². The van der Waals surface area contributed by atoms with Crippen molar-refractivity contribution in [3.8, 4) is 0 Å². The highest BCUT2D eigenvalue weighted by Gasteiger charge is 2.42. The van der Waals surface area contributed by atoms with E-state index in [0.29, 0.717) is 23.9 Å². The van der Waals surface area contributed by atoms with Crippen LogP contribution in [0.1, 0.15) is 31.7 Å². The molecule has 0 spiro atoms. The van der Waals surface area contributed by atoms with E-state index in [-0.39, 0.29) is 23.9 Å². The third-order valence-electron chi connectivity index (χ3n) is 4.27. The molecule has 1 saturated heterocycles. The number of hydrogen-bond donors (Lipinski definition) is 1. The minimum Gasteiger partial charge on any atom is -0.344 e. The third-order valence-corrected chi connectivity index (χ3v) is 4.64. The van der Waals surface area contributed by atoms with Crippen molar-refractivity contribution in [3.63, 3.8) is 0 Å². The minimum atomic E-state index is -0.357. The summed E-state index contributed by atoms with van der Waals surface area (Å²) in [4.78, 5) is 26.5. The zero-order chi connectivity index (χ0) is 15.0. The summed E-state index contributed by atoms with van der Waals surface area (Å²) in [5.74, 6) is 0.297. The van der Waals surface area contributed by atoms with Crippen LogP contribution in [0, 0.1) is 5.92 Å². The molecule has 1 aromatic carbocycles. The van der Waals surface area contributed by atoms with Gasteiger partial charge in [-0.3, -0.25) is 9.59 Å². The molecule has 0 bridgehead atoms. The van der Waals surface area contributed by atoms with Gasteiger partial charge in [0, 0.05) is 24.0 Å². The fourth-order valence-electron chi connectivity index (χ4n) is 2.86. The summed E-state index contributed by atoms with van der Waals surface area (Å²) >= 11 is 6.20. The van der Waals surface area contributed by atoms with Gasteiger partial charge in [0.25, 0.3) is 0 Å².